The SMILES string of the molecule is CCCc1nccnc1NC[C@H]1C[C@@H](OC)CN1c1ccncn1. The molecule has 0 unspecified atom stereocenters. The van der Waals surface area contributed by atoms with Crippen LogP contribution in [0, 0.1) is 0 Å². The van der Waals surface area contributed by atoms with Crippen LogP contribution in [0.5, 0.6) is 0 Å². The summed E-state index contributed by atoms with van der Waals surface area (Å²) in [4.78, 5) is 19.5. The van der Waals surface area contributed by atoms with Gasteiger partial charge < -0.3 is 15.0 Å². The molecular weight excluding hydrogens is 304 g/mol. The minimum atomic E-state index is 0.212. The average molecular weight is 328 g/mol. The van der Waals surface area contributed by atoms with Crippen molar-refractivity contribution < 1.29 is 4.74 Å². The van der Waals surface area contributed by atoms with Crippen LogP contribution >= 0.6 is 0 Å². The Morgan fingerprint density at radius 2 is 2.12 bits per heavy atom. The number of ether oxygens (including phenoxy) is 1. The zero-order chi connectivity index (χ0) is 16.8. The van der Waals surface area contributed by atoms with Crippen LogP contribution in [-0.4, -0.2) is 52.3 Å². The second-order valence-corrected chi connectivity index (χ2v) is 5.95. The van der Waals surface area contributed by atoms with Crippen LogP contribution in [0.25, 0.3) is 0 Å². The Kier molecular flexibility index (Phi) is 5.53. The van der Waals surface area contributed by atoms with Gasteiger partial charge in [-0.3, -0.25) is 4.98 Å². The molecule has 1 saturated heterocycles. The number of nitrogens with zero attached hydrogens (tertiary/aromatic N) is 5. The molecule has 0 aliphatic carbocycles. The first-order chi connectivity index (χ1) is 11.8. The molecule has 3 heterocycles. The molecule has 0 amide bonds. The van der Waals surface area contributed by atoms with Gasteiger partial charge in [0.25, 0.3) is 0 Å². The largest absolute Gasteiger partial charge is 0.380 e. The van der Waals surface area contributed by atoms with Crippen LogP contribution in [0.15, 0.2) is 31.0 Å². The minimum absolute atomic E-state index is 0.212. The molecule has 0 aromatic carbocycles. The molecule has 2 atom stereocenters. The lowest BCUT2D eigenvalue weighted by molar-refractivity contribution is 0.118. The first kappa shape index (κ1) is 16.6. The van der Waals surface area contributed by atoms with Gasteiger partial charge in [0, 0.05) is 38.8 Å². The molecule has 2 aromatic heterocycles. The Labute approximate surface area is 142 Å². The Hall–Kier alpha value is -2.28. The Morgan fingerprint density at radius 1 is 1.25 bits per heavy atom. The number of aromatic nitrogens is 4. The molecule has 1 N–H and O–H groups in total. The zero-order valence-electron chi connectivity index (χ0n) is 14.2. The van der Waals surface area contributed by atoms with Crippen LogP contribution in [0.4, 0.5) is 11.6 Å². The monoisotopic (exact) mass is 328 g/mol. The highest BCUT2D eigenvalue weighted by atomic mass is 16.5. The summed E-state index contributed by atoms with van der Waals surface area (Å²) in [6.45, 7) is 3.76. The van der Waals surface area contributed by atoms with E-state index in [1.165, 1.54) is 0 Å². The molecule has 2 aromatic rings. The standard InChI is InChI=1S/C17H24N6O/c1-3-4-15-17(20-8-7-19-15)21-10-13-9-14(24-2)11-23(13)16-5-6-18-12-22-16/h5-8,12-14H,3-4,9-11H2,1-2H3,(H,20,21)/t13-,14-/m1/s1. The lowest BCUT2D eigenvalue weighted by atomic mass is 10.2. The average Bonchev–Trinajstić information content (AvgIpc) is 3.05. The van der Waals surface area contributed by atoms with Crippen molar-refractivity contribution in [2.24, 2.45) is 0 Å². The van der Waals surface area contributed by atoms with Crippen molar-refractivity contribution in [1.29, 1.82) is 0 Å². The van der Waals surface area contributed by atoms with E-state index in [0.717, 1.165) is 49.7 Å². The summed E-state index contributed by atoms with van der Waals surface area (Å²) in [7, 11) is 1.76. The van der Waals surface area contributed by atoms with Gasteiger partial charge in [0.1, 0.15) is 18.0 Å². The fourth-order valence-electron chi connectivity index (χ4n) is 3.12. The summed E-state index contributed by atoms with van der Waals surface area (Å²) >= 11 is 0. The number of rotatable bonds is 7. The molecule has 0 radical (unpaired) electrons. The van der Waals surface area contributed by atoms with Crippen molar-refractivity contribution in [1.82, 2.24) is 19.9 Å². The predicted octanol–water partition coefficient (Wildman–Crippen LogP) is 1.92. The number of aryl methyl sites for hydroxylation is 1. The van der Waals surface area contributed by atoms with Gasteiger partial charge in [-0.25, -0.2) is 15.0 Å². The number of hydrogen-bond donors (Lipinski definition) is 1. The smallest absolute Gasteiger partial charge is 0.147 e. The van der Waals surface area contributed by atoms with Gasteiger partial charge in [-0.1, -0.05) is 13.3 Å². The van der Waals surface area contributed by atoms with E-state index in [0.29, 0.717) is 6.04 Å². The van der Waals surface area contributed by atoms with Crippen LogP contribution in [0.2, 0.25) is 0 Å². The normalized spacial score (nSPS) is 20.3. The first-order valence-corrected chi connectivity index (χ1v) is 8.41. The van der Waals surface area contributed by atoms with Crippen LogP contribution < -0.4 is 10.2 Å². The molecule has 24 heavy (non-hydrogen) atoms. The van der Waals surface area contributed by atoms with Crippen molar-refractivity contribution in [3.8, 4) is 0 Å². The van der Waals surface area contributed by atoms with E-state index in [1.54, 1.807) is 32.0 Å². The first-order valence-electron chi connectivity index (χ1n) is 8.41. The maximum Gasteiger partial charge on any atom is 0.147 e. The molecular formula is C17H24N6O. The van der Waals surface area contributed by atoms with Crippen LogP contribution in [0.3, 0.4) is 0 Å². The molecule has 1 aliphatic heterocycles. The van der Waals surface area contributed by atoms with Gasteiger partial charge >= 0.3 is 0 Å². The Balaban J connectivity index is 1.71. The summed E-state index contributed by atoms with van der Waals surface area (Å²) in [6.07, 6.45) is 9.99. The van der Waals surface area contributed by atoms with E-state index in [1.807, 2.05) is 6.07 Å². The summed E-state index contributed by atoms with van der Waals surface area (Å²) in [6, 6.07) is 2.23. The Morgan fingerprint density at radius 3 is 2.88 bits per heavy atom. The number of methoxy groups -OCH3 is 1. The van der Waals surface area contributed by atoms with E-state index in [2.05, 4.69) is 37.1 Å². The van der Waals surface area contributed by atoms with E-state index >= 15 is 0 Å². The van der Waals surface area contributed by atoms with Gasteiger partial charge in [-0.15, -0.1) is 0 Å². The van der Waals surface area contributed by atoms with E-state index in [4.69, 9.17) is 4.74 Å². The second-order valence-electron chi connectivity index (χ2n) is 5.95. The van der Waals surface area contributed by atoms with Crippen LogP contribution in [-0.2, 0) is 11.2 Å². The molecule has 7 nitrogen and oxygen atoms in total. The maximum absolute atomic E-state index is 5.57. The summed E-state index contributed by atoms with van der Waals surface area (Å²) in [5.74, 6) is 1.81. The predicted molar refractivity (Wildman–Crippen MR) is 93.1 cm³/mol. The molecule has 1 fully saturated rings. The van der Waals surface area contributed by atoms with Crippen molar-refractivity contribution in [3.63, 3.8) is 0 Å². The lowest BCUT2D eigenvalue weighted by Crippen LogP contribution is -2.36. The minimum Gasteiger partial charge on any atom is -0.380 e. The van der Waals surface area contributed by atoms with Gasteiger partial charge in [0.15, 0.2) is 0 Å². The number of anilines is 2. The highest BCUT2D eigenvalue weighted by Gasteiger charge is 2.33. The van der Waals surface area contributed by atoms with Crippen molar-refractivity contribution in [3.05, 3.63) is 36.7 Å². The van der Waals surface area contributed by atoms with Gasteiger partial charge in [-0.2, -0.15) is 0 Å². The quantitative estimate of drug-likeness (QED) is 0.832. The van der Waals surface area contributed by atoms with Gasteiger partial charge in [0.05, 0.1) is 17.8 Å². The van der Waals surface area contributed by atoms with Crippen LogP contribution in [0.1, 0.15) is 25.5 Å². The van der Waals surface area contributed by atoms with E-state index in [-0.39, 0.29) is 6.10 Å². The van der Waals surface area contributed by atoms with E-state index < -0.39 is 0 Å². The van der Waals surface area contributed by atoms with Gasteiger partial charge in [0.2, 0.25) is 0 Å². The van der Waals surface area contributed by atoms with Gasteiger partial charge in [-0.05, 0) is 18.9 Å². The second kappa shape index (κ2) is 8.01. The molecule has 3 rings (SSSR count). The Bertz CT molecular complexity index is 638. The maximum atomic E-state index is 5.57. The molecule has 0 spiro atoms. The molecule has 1 aliphatic rings. The van der Waals surface area contributed by atoms with Crippen molar-refractivity contribution >= 4 is 11.6 Å². The highest BCUT2D eigenvalue weighted by Crippen LogP contribution is 2.25. The third kappa shape index (κ3) is 3.79. The molecule has 0 bridgehead atoms. The molecule has 128 valence electrons. The highest BCUT2D eigenvalue weighted by molar-refractivity contribution is 5.44. The third-order valence-electron chi connectivity index (χ3n) is 4.34. The van der Waals surface area contributed by atoms with Crippen molar-refractivity contribution in [2.75, 3.05) is 30.4 Å². The van der Waals surface area contributed by atoms with Crippen molar-refractivity contribution in [2.45, 2.75) is 38.3 Å². The fourth-order valence-corrected chi connectivity index (χ4v) is 3.12. The summed E-state index contributed by atoms with van der Waals surface area (Å²) in [5.41, 5.74) is 1.02. The molecule has 0 saturated carbocycles. The topological polar surface area (TPSA) is 76.1 Å². The molecule has 7 heteroatoms. The number of nitrogens with one attached hydrogen (secondary N) is 1. The zero-order valence-corrected chi connectivity index (χ0v) is 14.2. The fraction of sp³-hybridized carbons (Fsp3) is 0.529. The number of hydrogen-bond acceptors (Lipinski definition) is 7. The third-order valence-corrected chi connectivity index (χ3v) is 4.34. The lowest BCUT2D eigenvalue weighted by Gasteiger charge is -2.25. The summed E-state index contributed by atoms with van der Waals surface area (Å²) < 4.78 is 5.57. The van der Waals surface area contributed by atoms with E-state index in [9.17, 15) is 0 Å². The summed E-state index contributed by atoms with van der Waals surface area (Å²) in [5, 5.41) is 3.47.